The summed E-state index contributed by atoms with van der Waals surface area (Å²) in [5.41, 5.74) is 9.99. The molecule has 0 aromatic heterocycles. The molecule has 0 aliphatic carbocycles. The van der Waals surface area contributed by atoms with Crippen LogP contribution in [-0.4, -0.2) is 0 Å². The summed E-state index contributed by atoms with van der Waals surface area (Å²) in [6.45, 7) is 6.42. The molecule has 0 fully saturated rings. The highest BCUT2D eigenvalue weighted by molar-refractivity contribution is 5.32. The molecule has 1 atom stereocenters. The Labute approximate surface area is 81.0 Å². The maximum absolute atomic E-state index is 6.06. The standard InChI is InChI=1S/C12H19N/c1-4-5-12(13)11-7-6-9(2)8-10(11)3/h6-8,12H,4-5,13H2,1-3H3/t12-/m1/s1. The van der Waals surface area contributed by atoms with Crippen LogP contribution in [0.2, 0.25) is 0 Å². The highest BCUT2D eigenvalue weighted by Crippen LogP contribution is 2.20. The van der Waals surface area contributed by atoms with Crippen molar-refractivity contribution in [2.75, 3.05) is 0 Å². The van der Waals surface area contributed by atoms with E-state index in [9.17, 15) is 0 Å². The van der Waals surface area contributed by atoms with Crippen LogP contribution in [0.15, 0.2) is 18.2 Å². The first-order chi connectivity index (χ1) is 6.15. The molecule has 1 rings (SSSR count). The first-order valence-corrected chi connectivity index (χ1v) is 4.98. The van der Waals surface area contributed by atoms with Crippen molar-refractivity contribution < 1.29 is 0 Å². The molecular weight excluding hydrogens is 158 g/mol. The second kappa shape index (κ2) is 4.43. The van der Waals surface area contributed by atoms with Gasteiger partial charge in [-0.15, -0.1) is 0 Å². The molecule has 13 heavy (non-hydrogen) atoms. The van der Waals surface area contributed by atoms with Crippen molar-refractivity contribution in [1.29, 1.82) is 0 Å². The minimum Gasteiger partial charge on any atom is -0.324 e. The zero-order chi connectivity index (χ0) is 9.84. The van der Waals surface area contributed by atoms with Gasteiger partial charge in [0.15, 0.2) is 0 Å². The van der Waals surface area contributed by atoms with E-state index in [0.29, 0.717) is 0 Å². The number of rotatable bonds is 3. The third kappa shape index (κ3) is 2.56. The van der Waals surface area contributed by atoms with Crippen molar-refractivity contribution in [3.63, 3.8) is 0 Å². The lowest BCUT2D eigenvalue weighted by molar-refractivity contribution is 0.635. The van der Waals surface area contributed by atoms with Crippen LogP contribution in [0, 0.1) is 13.8 Å². The highest BCUT2D eigenvalue weighted by atomic mass is 14.6. The fourth-order valence-electron chi connectivity index (χ4n) is 1.71. The molecule has 0 aliphatic heterocycles. The number of hydrogen-bond acceptors (Lipinski definition) is 1. The van der Waals surface area contributed by atoms with Crippen LogP contribution in [0.5, 0.6) is 0 Å². The quantitative estimate of drug-likeness (QED) is 0.754. The third-order valence-corrected chi connectivity index (χ3v) is 2.42. The smallest absolute Gasteiger partial charge is 0.0297 e. The summed E-state index contributed by atoms with van der Waals surface area (Å²) in [5, 5.41) is 0. The maximum Gasteiger partial charge on any atom is 0.0297 e. The summed E-state index contributed by atoms with van der Waals surface area (Å²) in [7, 11) is 0. The van der Waals surface area contributed by atoms with Crippen LogP contribution in [-0.2, 0) is 0 Å². The molecule has 0 saturated heterocycles. The first-order valence-electron chi connectivity index (χ1n) is 4.98. The summed E-state index contributed by atoms with van der Waals surface area (Å²) >= 11 is 0. The number of nitrogens with two attached hydrogens (primary N) is 1. The molecule has 0 heterocycles. The first kappa shape index (κ1) is 10.3. The van der Waals surface area contributed by atoms with Gasteiger partial charge in [-0.05, 0) is 31.4 Å². The Hall–Kier alpha value is -0.820. The molecule has 72 valence electrons. The summed E-state index contributed by atoms with van der Waals surface area (Å²) in [5.74, 6) is 0. The summed E-state index contributed by atoms with van der Waals surface area (Å²) in [4.78, 5) is 0. The fraction of sp³-hybridized carbons (Fsp3) is 0.500. The highest BCUT2D eigenvalue weighted by Gasteiger charge is 2.06. The van der Waals surface area contributed by atoms with Crippen LogP contribution in [0.25, 0.3) is 0 Å². The lowest BCUT2D eigenvalue weighted by Gasteiger charge is -2.14. The Bertz CT molecular complexity index is 278. The van der Waals surface area contributed by atoms with E-state index in [0.717, 1.165) is 12.8 Å². The minimum atomic E-state index is 0.214. The summed E-state index contributed by atoms with van der Waals surface area (Å²) in [6.07, 6.45) is 2.22. The normalized spacial score (nSPS) is 12.9. The zero-order valence-corrected chi connectivity index (χ0v) is 8.80. The van der Waals surface area contributed by atoms with Gasteiger partial charge in [-0.3, -0.25) is 0 Å². The van der Waals surface area contributed by atoms with Crippen molar-refractivity contribution in [1.82, 2.24) is 0 Å². The summed E-state index contributed by atoms with van der Waals surface area (Å²) < 4.78 is 0. The van der Waals surface area contributed by atoms with Gasteiger partial charge in [0, 0.05) is 6.04 Å². The van der Waals surface area contributed by atoms with E-state index >= 15 is 0 Å². The van der Waals surface area contributed by atoms with Crippen LogP contribution in [0.4, 0.5) is 0 Å². The Morgan fingerprint density at radius 1 is 1.31 bits per heavy atom. The van der Waals surface area contributed by atoms with E-state index in [1.165, 1.54) is 16.7 Å². The molecule has 1 nitrogen and oxygen atoms in total. The van der Waals surface area contributed by atoms with Gasteiger partial charge in [0.2, 0.25) is 0 Å². The molecule has 1 aromatic rings. The number of aryl methyl sites for hydroxylation is 2. The average Bonchev–Trinajstić information content (AvgIpc) is 2.04. The van der Waals surface area contributed by atoms with Crippen LogP contribution < -0.4 is 5.73 Å². The van der Waals surface area contributed by atoms with E-state index < -0.39 is 0 Å². The Morgan fingerprint density at radius 3 is 2.54 bits per heavy atom. The van der Waals surface area contributed by atoms with Crippen molar-refractivity contribution >= 4 is 0 Å². The number of hydrogen-bond donors (Lipinski definition) is 1. The SMILES string of the molecule is CCC[C@@H](N)c1ccc(C)cc1C. The van der Waals surface area contributed by atoms with E-state index in [-0.39, 0.29) is 6.04 Å². The van der Waals surface area contributed by atoms with Gasteiger partial charge in [0.25, 0.3) is 0 Å². The minimum absolute atomic E-state index is 0.214. The van der Waals surface area contributed by atoms with Gasteiger partial charge in [0.05, 0.1) is 0 Å². The molecule has 1 heteroatoms. The van der Waals surface area contributed by atoms with Gasteiger partial charge in [0.1, 0.15) is 0 Å². The van der Waals surface area contributed by atoms with Gasteiger partial charge >= 0.3 is 0 Å². The van der Waals surface area contributed by atoms with Crippen molar-refractivity contribution in [2.45, 2.75) is 39.7 Å². The predicted octanol–water partition coefficient (Wildman–Crippen LogP) is 3.10. The molecule has 0 saturated carbocycles. The molecule has 0 amide bonds. The Kier molecular flexibility index (Phi) is 3.49. The third-order valence-electron chi connectivity index (χ3n) is 2.42. The zero-order valence-electron chi connectivity index (χ0n) is 8.80. The topological polar surface area (TPSA) is 26.0 Å². The largest absolute Gasteiger partial charge is 0.324 e. The Balaban J connectivity index is 2.88. The maximum atomic E-state index is 6.06. The lowest BCUT2D eigenvalue weighted by atomic mass is 9.97. The van der Waals surface area contributed by atoms with Crippen molar-refractivity contribution in [2.24, 2.45) is 5.73 Å². The number of benzene rings is 1. The van der Waals surface area contributed by atoms with Gasteiger partial charge < -0.3 is 5.73 Å². The molecule has 0 spiro atoms. The van der Waals surface area contributed by atoms with E-state index in [4.69, 9.17) is 5.73 Å². The summed E-state index contributed by atoms with van der Waals surface area (Å²) in [6, 6.07) is 6.71. The second-order valence-electron chi connectivity index (χ2n) is 3.76. The van der Waals surface area contributed by atoms with Crippen molar-refractivity contribution in [3.8, 4) is 0 Å². The van der Waals surface area contributed by atoms with Crippen LogP contribution in [0.3, 0.4) is 0 Å². The van der Waals surface area contributed by atoms with E-state index in [2.05, 4.69) is 39.0 Å². The Morgan fingerprint density at radius 2 is 2.00 bits per heavy atom. The van der Waals surface area contributed by atoms with E-state index in [1.54, 1.807) is 0 Å². The van der Waals surface area contributed by atoms with Crippen LogP contribution >= 0.6 is 0 Å². The molecule has 0 aliphatic rings. The monoisotopic (exact) mass is 177 g/mol. The van der Waals surface area contributed by atoms with E-state index in [1.807, 2.05) is 0 Å². The van der Waals surface area contributed by atoms with Crippen molar-refractivity contribution in [3.05, 3.63) is 34.9 Å². The van der Waals surface area contributed by atoms with Gasteiger partial charge in [-0.25, -0.2) is 0 Å². The van der Waals surface area contributed by atoms with Gasteiger partial charge in [-0.2, -0.15) is 0 Å². The average molecular weight is 177 g/mol. The predicted molar refractivity (Wildman–Crippen MR) is 57.8 cm³/mol. The second-order valence-corrected chi connectivity index (χ2v) is 3.76. The molecule has 1 aromatic carbocycles. The molecular formula is C12H19N. The van der Waals surface area contributed by atoms with Crippen LogP contribution in [0.1, 0.15) is 42.5 Å². The molecule has 2 N–H and O–H groups in total. The van der Waals surface area contributed by atoms with Gasteiger partial charge in [-0.1, -0.05) is 37.1 Å². The molecule has 0 radical (unpaired) electrons. The lowest BCUT2D eigenvalue weighted by Crippen LogP contribution is -2.11. The molecule has 0 unspecified atom stereocenters. The molecule has 0 bridgehead atoms. The fourth-order valence-corrected chi connectivity index (χ4v) is 1.71.